The third-order valence-corrected chi connectivity index (χ3v) is 7.65. The molecule has 148 valence electrons. The van der Waals surface area contributed by atoms with Crippen molar-refractivity contribution in [1.29, 1.82) is 0 Å². The third-order valence-electron chi connectivity index (χ3n) is 7.65. The predicted octanol–water partition coefficient (Wildman–Crippen LogP) is 4.24. The summed E-state index contributed by atoms with van der Waals surface area (Å²) in [6.07, 6.45) is 3.24. The molecule has 3 aliphatic rings. The quantitative estimate of drug-likeness (QED) is 0.856. The van der Waals surface area contributed by atoms with Crippen molar-refractivity contribution in [3.05, 3.63) is 29.6 Å². The van der Waals surface area contributed by atoms with Gasteiger partial charge in [-0.15, -0.1) is 0 Å². The zero-order valence-corrected chi connectivity index (χ0v) is 16.7. The number of halogens is 1. The lowest BCUT2D eigenvalue weighted by atomic mass is 9.58. The Morgan fingerprint density at radius 1 is 1.41 bits per heavy atom. The van der Waals surface area contributed by atoms with E-state index in [0.717, 1.165) is 19.3 Å². The largest absolute Gasteiger partial charge is 0.494 e. The molecule has 1 aromatic carbocycles. The van der Waals surface area contributed by atoms with Gasteiger partial charge in [-0.2, -0.15) is 0 Å². The number of carbonyl (C=O) groups excluding carboxylic acids is 1. The maximum atomic E-state index is 15.0. The molecule has 1 heterocycles. The fraction of sp³-hybridized carbons (Fsp3) is 0.682. The van der Waals surface area contributed by atoms with E-state index >= 15 is 0 Å². The number of amides is 1. The van der Waals surface area contributed by atoms with Gasteiger partial charge < -0.3 is 14.8 Å². The van der Waals surface area contributed by atoms with Gasteiger partial charge in [0.25, 0.3) is 0 Å². The van der Waals surface area contributed by atoms with Gasteiger partial charge in [-0.3, -0.25) is 4.79 Å². The number of hydrogen-bond acceptors (Lipinski definition) is 3. The molecule has 1 amide bonds. The van der Waals surface area contributed by atoms with Crippen molar-refractivity contribution >= 4 is 5.91 Å². The first-order valence-electron chi connectivity index (χ1n) is 10.1. The number of ether oxygens (including phenoxy) is 2. The number of benzene rings is 1. The van der Waals surface area contributed by atoms with E-state index in [9.17, 15) is 9.18 Å². The molecule has 2 saturated carbocycles. The molecule has 2 aliphatic carbocycles. The molecule has 27 heavy (non-hydrogen) atoms. The van der Waals surface area contributed by atoms with Gasteiger partial charge in [0.2, 0.25) is 5.91 Å². The topological polar surface area (TPSA) is 47.6 Å². The van der Waals surface area contributed by atoms with Crippen molar-refractivity contribution in [2.75, 3.05) is 13.7 Å². The highest BCUT2D eigenvalue weighted by Gasteiger charge is 2.68. The average molecular weight is 375 g/mol. The molecule has 1 saturated heterocycles. The lowest BCUT2D eigenvalue weighted by Crippen LogP contribution is -2.58. The smallest absolute Gasteiger partial charge is 0.219 e. The molecule has 1 aromatic rings. The molecule has 5 atom stereocenters. The zero-order valence-electron chi connectivity index (χ0n) is 16.7. The van der Waals surface area contributed by atoms with Crippen molar-refractivity contribution in [3.63, 3.8) is 0 Å². The van der Waals surface area contributed by atoms with E-state index in [1.807, 2.05) is 19.1 Å². The van der Waals surface area contributed by atoms with E-state index in [0.29, 0.717) is 24.5 Å². The van der Waals surface area contributed by atoms with Gasteiger partial charge in [0.15, 0.2) is 11.6 Å². The normalized spacial score (nSPS) is 36.3. The van der Waals surface area contributed by atoms with E-state index in [1.165, 1.54) is 7.11 Å². The van der Waals surface area contributed by atoms with Crippen LogP contribution in [0.5, 0.6) is 5.75 Å². The number of methoxy groups -OCH3 is 1. The summed E-state index contributed by atoms with van der Waals surface area (Å²) in [5.74, 6) is 0.771. The Kier molecular flexibility index (Phi) is 4.49. The molecule has 5 heteroatoms. The van der Waals surface area contributed by atoms with Crippen LogP contribution in [-0.2, 0) is 9.53 Å². The molecule has 1 aliphatic heterocycles. The molecule has 4 nitrogen and oxygen atoms in total. The molecule has 1 spiro atoms. The van der Waals surface area contributed by atoms with Crippen LogP contribution in [0.4, 0.5) is 4.39 Å². The number of carbonyl (C=O) groups is 1. The zero-order chi connectivity index (χ0) is 19.4. The van der Waals surface area contributed by atoms with Gasteiger partial charge >= 0.3 is 0 Å². The second kappa shape index (κ2) is 6.47. The summed E-state index contributed by atoms with van der Waals surface area (Å²) in [5.41, 5.74) is 0.623. The SMILES string of the molecule is CCC(=O)N[C@H]1C(C)(C)[C@@H]2C[C@@H]3[C@@H](c4cccc(OC)c4F)OCCC31C2. The van der Waals surface area contributed by atoms with Crippen LogP contribution >= 0.6 is 0 Å². The molecular formula is C22H30FNO3. The van der Waals surface area contributed by atoms with Crippen molar-refractivity contribution in [2.24, 2.45) is 22.7 Å². The minimum atomic E-state index is -0.321. The Morgan fingerprint density at radius 2 is 2.19 bits per heavy atom. The molecule has 2 bridgehead atoms. The Bertz CT molecular complexity index is 749. The fourth-order valence-corrected chi connectivity index (χ4v) is 6.26. The first-order valence-corrected chi connectivity index (χ1v) is 10.1. The van der Waals surface area contributed by atoms with Crippen LogP contribution in [0.1, 0.15) is 58.1 Å². The van der Waals surface area contributed by atoms with E-state index in [1.54, 1.807) is 6.07 Å². The number of nitrogens with one attached hydrogen (secondary N) is 1. The third kappa shape index (κ3) is 2.61. The molecule has 0 radical (unpaired) electrons. The maximum absolute atomic E-state index is 15.0. The van der Waals surface area contributed by atoms with E-state index in [4.69, 9.17) is 9.47 Å². The van der Waals surface area contributed by atoms with E-state index < -0.39 is 0 Å². The van der Waals surface area contributed by atoms with Crippen LogP contribution in [0.3, 0.4) is 0 Å². The minimum Gasteiger partial charge on any atom is -0.494 e. The van der Waals surface area contributed by atoms with Crippen LogP contribution in [0, 0.1) is 28.5 Å². The molecule has 4 rings (SSSR count). The van der Waals surface area contributed by atoms with Crippen LogP contribution in [0.25, 0.3) is 0 Å². The van der Waals surface area contributed by atoms with Crippen LogP contribution < -0.4 is 10.1 Å². The van der Waals surface area contributed by atoms with Gasteiger partial charge in [-0.25, -0.2) is 4.39 Å². The average Bonchev–Trinajstić information content (AvgIpc) is 3.14. The second-order valence-electron chi connectivity index (χ2n) is 9.06. The first-order chi connectivity index (χ1) is 12.8. The van der Waals surface area contributed by atoms with E-state index in [-0.39, 0.29) is 46.4 Å². The van der Waals surface area contributed by atoms with Crippen molar-refractivity contribution in [3.8, 4) is 5.75 Å². The van der Waals surface area contributed by atoms with Gasteiger partial charge in [0.05, 0.1) is 13.2 Å². The van der Waals surface area contributed by atoms with Gasteiger partial charge in [0, 0.05) is 24.6 Å². The Balaban J connectivity index is 1.72. The van der Waals surface area contributed by atoms with Crippen molar-refractivity contribution in [1.82, 2.24) is 5.32 Å². The highest BCUT2D eigenvalue weighted by Crippen LogP contribution is 2.70. The van der Waals surface area contributed by atoms with Crippen molar-refractivity contribution in [2.45, 2.75) is 58.6 Å². The summed E-state index contributed by atoms with van der Waals surface area (Å²) in [4.78, 5) is 12.3. The maximum Gasteiger partial charge on any atom is 0.219 e. The van der Waals surface area contributed by atoms with Gasteiger partial charge in [-0.1, -0.05) is 32.9 Å². The molecular weight excluding hydrogens is 345 g/mol. The monoisotopic (exact) mass is 375 g/mol. The summed E-state index contributed by atoms with van der Waals surface area (Å²) in [6.45, 7) is 7.04. The Morgan fingerprint density at radius 3 is 2.89 bits per heavy atom. The highest BCUT2D eigenvalue weighted by atomic mass is 19.1. The Hall–Kier alpha value is -1.62. The summed E-state index contributed by atoms with van der Waals surface area (Å²) in [6, 6.07) is 5.40. The fourth-order valence-electron chi connectivity index (χ4n) is 6.26. The summed E-state index contributed by atoms with van der Waals surface area (Å²) >= 11 is 0. The summed E-state index contributed by atoms with van der Waals surface area (Å²) in [7, 11) is 1.49. The molecule has 1 N–H and O–H groups in total. The summed E-state index contributed by atoms with van der Waals surface area (Å²) < 4.78 is 26.3. The standard InChI is InChI=1S/C22H30FNO3/c1-5-17(25)24-20-21(2,3)13-11-15-19(27-10-9-22(15,20)12-13)14-7-6-8-16(26-4)18(14)23/h6-8,13,15,19-20H,5,9-12H2,1-4H3,(H,24,25)/t13-,15-,19-,20+,22?/m1/s1. The first kappa shape index (κ1) is 18.7. The van der Waals surface area contributed by atoms with Gasteiger partial charge in [0.1, 0.15) is 0 Å². The number of hydrogen-bond donors (Lipinski definition) is 1. The van der Waals surface area contributed by atoms with Crippen LogP contribution in [0.15, 0.2) is 18.2 Å². The minimum absolute atomic E-state index is 0.0164. The Labute approximate surface area is 160 Å². The summed E-state index contributed by atoms with van der Waals surface area (Å²) in [5, 5.41) is 3.34. The van der Waals surface area contributed by atoms with Crippen molar-refractivity contribution < 1.29 is 18.7 Å². The highest BCUT2D eigenvalue weighted by molar-refractivity contribution is 5.76. The predicted molar refractivity (Wildman–Crippen MR) is 101 cm³/mol. The number of rotatable bonds is 4. The van der Waals surface area contributed by atoms with Crippen LogP contribution in [0.2, 0.25) is 0 Å². The number of fused-ring (bicyclic) bond motifs is 1. The second-order valence-corrected chi connectivity index (χ2v) is 9.06. The van der Waals surface area contributed by atoms with E-state index in [2.05, 4.69) is 19.2 Å². The lowest BCUT2D eigenvalue weighted by molar-refractivity contribution is -0.137. The molecule has 1 unspecified atom stereocenters. The molecule has 3 fully saturated rings. The van der Waals surface area contributed by atoms with Gasteiger partial charge in [-0.05, 0) is 48.0 Å². The molecule has 0 aromatic heterocycles. The van der Waals surface area contributed by atoms with Crippen LogP contribution in [-0.4, -0.2) is 25.7 Å². The lowest BCUT2D eigenvalue weighted by Gasteiger charge is -2.53.